The number of rotatable bonds is 4. The summed E-state index contributed by atoms with van der Waals surface area (Å²) in [5.41, 5.74) is 0. The van der Waals surface area contributed by atoms with E-state index in [-0.39, 0.29) is 12.6 Å². The molecule has 0 aliphatic heterocycles. The van der Waals surface area contributed by atoms with E-state index in [0.717, 1.165) is 0 Å². The van der Waals surface area contributed by atoms with Gasteiger partial charge in [0.1, 0.15) is 6.29 Å². The molecule has 0 saturated carbocycles. The average Bonchev–Trinajstić information content (AvgIpc) is 1.97. The predicted octanol–water partition coefficient (Wildman–Crippen LogP) is 0.140. The van der Waals surface area contributed by atoms with E-state index in [9.17, 15) is 9.59 Å². The monoisotopic (exact) mass is 158 g/mol. The molecule has 4 heteroatoms. The Bertz CT molecular complexity index is 134. The van der Waals surface area contributed by atoms with Gasteiger partial charge < -0.3 is 15.4 Å². The van der Waals surface area contributed by atoms with Crippen LogP contribution in [0.4, 0.5) is 4.79 Å². The second-order valence-electron chi connectivity index (χ2n) is 2.65. The molecule has 0 unspecified atom stereocenters. The van der Waals surface area contributed by atoms with E-state index >= 15 is 0 Å². The highest BCUT2D eigenvalue weighted by molar-refractivity contribution is 5.76. The summed E-state index contributed by atoms with van der Waals surface area (Å²) in [5, 5.41) is 4.98. The molecule has 0 heterocycles. The molecular formula is C7H14N2O2. The highest BCUT2D eigenvalue weighted by Gasteiger charge is 1.98. The molecular weight excluding hydrogens is 144 g/mol. The van der Waals surface area contributed by atoms with Crippen LogP contribution in [0.1, 0.15) is 13.8 Å². The Balaban J connectivity index is 3.29. The first-order valence-corrected chi connectivity index (χ1v) is 3.62. The van der Waals surface area contributed by atoms with E-state index in [4.69, 9.17) is 0 Å². The average molecular weight is 158 g/mol. The van der Waals surface area contributed by atoms with Crippen LogP contribution in [0.15, 0.2) is 0 Å². The predicted molar refractivity (Wildman–Crippen MR) is 42.3 cm³/mol. The minimum atomic E-state index is -0.286. The van der Waals surface area contributed by atoms with Crippen LogP contribution in [0.2, 0.25) is 0 Å². The van der Waals surface area contributed by atoms with Gasteiger partial charge in [0.05, 0.1) is 6.54 Å². The third-order valence-electron chi connectivity index (χ3n) is 1.02. The molecule has 0 aliphatic rings. The Kier molecular flexibility index (Phi) is 5.15. The number of hydrogen-bond acceptors (Lipinski definition) is 2. The molecule has 0 saturated heterocycles. The molecule has 0 aromatic rings. The Morgan fingerprint density at radius 3 is 2.55 bits per heavy atom. The van der Waals surface area contributed by atoms with Gasteiger partial charge in [-0.15, -0.1) is 0 Å². The molecule has 0 aromatic carbocycles. The van der Waals surface area contributed by atoms with Crippen LogP contribution in [-0.4, -0.2) is 25.4 Å². The molecule has 64 valence electrons. The first-order valence-electron chi connectivity index (χ1n) is 3.62. The molecule has 2 N–H and O–H groups in total. The number of carbonyl (C=O) groups is 2. The fraction of sp³-hybridized carbons (Fsp3) is 0.714. The van der Waals surface area contributed by atoms with E-state index in [2.05, 4.69) is 10.6 Å². The van der Waals surface area contributed by atoms with Gasteiger partial charge in [0.15, 0.2) is 0 Å². The lowest BCUT2D eigenvalue weighted by Gasteiger charge is -2.06. The molecule has 0 fully saturated rings. The van der Waals surface area contributed by atoms with Crippen molar-refractivity contribution in [3.05, 3.63) is 0 Å². The Morgan fingerprint density at radius 1 is 1.45 bits per heavy atom. The number of hydrogen-bond donors (Lipinski definition) is 2. The van der Waals surface area contributed by atoms with E-state index in [1.165, 1.54) is 0 Å². The van der Waals surface area contributed by atoms with Crippen molar-refractivity contribution in [2.24, 2.45) is 5.92 Å². The van der Waals surface area contributed by atoms with E-state index in [1.54, 1.807) is 0 Å². The van der Waals surface area contributed by atoms with Crippen LogP contribution in [0.5, 0.6) is 0 Å². The van der Waals surface area contributed by atoms with E-state index in [0.29, 0.717) is 18.7 Å². The van der Waals surface area contributed by atoms with Gasteiger partial charge >= 0.3 is 6.03 Å². The number of urea groups is 1. The zero-order valence-corrected chi connectivity index (χ0v) is 6.89. The Labute approximate surface area is 66.4 Å². The minimum Gasteiger partial charge on any atom is -0.338 e. The molecule has 0 atom stereocenters. The molecule has 0 aliphatic carbocycles. The maximum atomic E-state index is 10.7. The summed E-state index contributed by atoms with van der Waals surface area (Å²) < 4.78 is 0. The topological polar surface area (TPSA) is 58.2 Å². The molecule has 2 amide bonds. The molecule has 4 nitrogen and oxygen atoms in total. The fourth-order valence-electron chi connectivity index (χ4n) is 0.494. The van der Waals surface area contributed by atoms with Crippen LogP contribution in [0, 0.1) is 5.92 Å². The highest BCUT2D eigenvalue weighted by Crippen LogP contribution is 1.85. The highest BCUT2D eigenvalue weighted by atomic mass is 16.2. The van der Waals surface area contributed by atoms with Gasteiger partial charge in [-0.3, -0.25) is 0 Å². The van der Waals surface area contributed by atoms with E-state index in [1.807, 2.05) is 13.8 Å². The molecule has 0 radical (unpaired) electrons. The SMILES string of the molecule is CC(C)CNC(=O)NCC=O. The summed E-state index contributed by atoms with van der Waals surface area (Å²) in [7, 11) is 0. The van der Waals surface area contributed by atoms with Gasteiger partial charge in [0, 0.05) is 6.54 Å². The van der Waals surface area contributed by atoms with E-state index < -0.39 is 0 Å². The second-order valence-corrected chi connectivity index (χ2v) is 2.65. The quantitative estimate of drug-likeness (QED) is 0.572. The normalized spacial score (nSPS) is 9.36. The van der Waals surface area contributed by atoms with Crippen molar-refractivity contribution in [3.8, 4) is 0 Å². The Morgan fingerprint density at radius 2 is 2.09 bits per heavy atom. The van der Waals surface area contributed by atoms with Crippen molar-refractivity contribution in [2.45, 2.75) is 13.8 Å². The van der Waals surface area contributed by atoms with Crippen molar-refractivity contribution in [1.82, 2.24) is 10.6 Å². The van der Waals surface area contributed by atoms with Crippen molar-refractivity contribution in [2.75, 3.05) is 13.1 Å². The lowest BCUT2D eigenvalue weighted by atomic mass is 10.2. The van der Waals surface area contributed by atoms with Gasteiger partial charge in [-0.2, -0.15) is 0 Å². The molecule has 0 spiro atoms. The zero-order valence-electron chi connectivity index (χ0n) is 6.89. The summed E-state index contributed by atoms with van der Waals surface area (Å²) in [5.74, 6) is 0.428. The third-order valence-corrected chi connectivity index (χ3v) is 1.02. The summed E-state index contributed by atoms with van der Waals surface area (Å²) in [4.78, 5) is 20.5. The number of nitrogens with one attached hydrogen (secondary N) is 2. The number of aldehydes is 1. The molecule has 0 bridgehead atoms. The maximum Gasteiger partial charge on any atom is 0.315 e. The van der Waals surface area contributed by atoms with Gasteiger partial charge in [-0.05, 0) is 5.92 Å². The summed E-state index contributed by atoms with van der Waals surface area (Å²) in [6, 6.07) is -0.286. The van der Waals surface area contributed by atoms with Gasteiger partial charge in [-0.1, -0.05) is 13.8 Å². The summed E-state index contributed by atoms with van der Waals surface area (Å²) in [6.45, 7) is 4.70. The molecule has 0 aromatic heterocycles. The van der Waals surface area contributed by atoms with Crippen LogP contribution in [0.25, 0.3) is 0 Å². The van der Waals surface area contributed by atoms with Crippen LogP contribution in [-0.2, 0) is 4.79 Å². The van der Waals surface area contributed by atoms with Crippen LogP contribution >= 0.6 is 0 Å². The number of carbonyl (C=O) groups excluding carboxylic acids is 2. The summed E-state index contributed by atoms with van der Waals surface area (Å²) >= 11 is 0. The van der Waals surface area contributed by atoms with Crippen LogP contribution in [0.3, 0.4) is 0 Å². The third kappa shape index (κ3) is 6.83. The maximum absolute atomic E-state index is 10.7. The standard InChI is InChI=1S/C7H14N2O2/c1-6(2)5-9-7(11)8-3-4-10/h4,6H,3,5H2,1-2H3,(H2,8,9,11). The summed E-state index contributed by atoms with van der Waals surface area (Å²) in [6.07, 6.45) is 0.648. The van der Waals surface area contributed by atoms with Crippen molar-refractivity contribution in [3.63, 3.8) is 0 Å². The second kappa shape index (κ2) is 5.70. The van der Waals surface area contributed by atoms with Gasteiger partial charge in [-0.25, -0.2) is 4.79 Å². The first kappa shape index (κ1) is 9.94. The smallest absolute Gasteiger partial charge is 0.315 e. The van der Waals surface area contributed by atoms with Crippen LogP contribution < -0.4 is 10.6 Å². The molecule has 0 rings (SSSR count). The first-order chi connectivity index (χ1) is 5.16. The fourth-order valence-corrected chi connectivity index (χ4v) is 0.494. The van der Waals surface area contributed by atoms with Crippen molar-refractivity contribution >= 4 is 12.3 Å². The van der Waals surface area contributed by atoms with Crippen molar-refractivity contribution in [1.29, 1.82) is 0 Å². The lowest BCUT2D eigenvalue weighted by molar-refractivity contribution is -0.107. The van der Waals surface area contributed by atoms with Gasteiger partial charge in [0.2, 0.25) is 0 Å². The molecule has 11 heavy (non-hydrogen) atoms. The lowest BCUT2D eigenvalue weighted by Crippen LogP contribution is -2.38. The zero-order chi connectivity index (χ0) is 8.69. The van der Waals surface area contributed by atoms with Gasteiger partial charge in [0.25, 0.3) is 0 Å². The number of amides is 2. The largest absolute Gasteiger partial charge is 0.338 e. The Hall–Kier alpha value is -1.06. The minimum absolute atomic E-state index is 0.0733. The van der Waals surface area contributed by atoms with Crippen molar-refractivity contribution < 1.29 is 9.59 Å².